The van der Waals surface area contributed by atoms with Gasteiger partial charge in [-0.15, -0.1) is 0 Å². The fourth-order valence-electron chi connectivity index (χ4n) is 3.60. The molecule has 0 saturated carbocycles. The van der Waals surface area contributed by atoms with Crippen molar-refractivity contribution in [3.05, 3.63) is 53.6 Å². The van der Waals surface area contributed by atoms with Gasteiger partial charge in [0.25, 0.3) is 0 Å². The minimum atomic E-state index is -1.19. The molecule has 1 aromatic rings. The Kier molecular flexibility index (Phi) is 5.01. The number of allylic oxidation sites excluding steroid dienone is 4. The van der Waals surface area contributed by atoms with Crippen LogP contribution in [0.25, 0.3) is 0 Å². The fourth-order valence-corrected chi connectivity index (χ4v) is 4.96. The molecule has 22 heavy (non-hydrogen) atoms. The van der Waals surface area contributed by atoms with Crippen LogP contribution in [0.2, 0.25) is 25.2 Å². The molecule has 2 rings (SSSR count). The zero-order valence-corrected chi connectivity index (χ0v) is 15.9. The van der Waals surface area contributed by atoms with Crippen LogP contribution in [0.1, 0.15) is 32.3 Å². The van der Waals surface area contributed by atoms with Gasteiger partial charge in [-0.05, 0) is 30.0 Å². The molecule has 2 heteroatoms. The number of hydrogen-bond acceptors (Lipinski definition) is 1. The molecule has 1 aromatic carbocycles. The lowest BCUT2D eigenvalue weighted by Crippen LogP contribution is -2.28. The molecule has 1 aliphatic carbocycles. The lowest BCUT2D eigenvalue weighted by atomic mass is 9.70. The van der Waals surface area contributed by atoms with E-state index in [1.807, 2.05) is 0 Å². The first-order chi connectivity index (χ1) is 10.4. The standard InChI is InChI=1S/C20H30OSi/c1-7-20(8-2,18-11-9-10-12-19(18)21-3)16-13-14-17(15-16)22(4,5)6/h9-15,17H,7-8H2,1-6H3. The Morgan fingerprint density at radius 2 is 1.73 bits per heavy atom. The quantitative estimate of drug-likeness (QED) is 0.589. The molecule has 1 aliphatic rings. The highest BCUT2D eigenvalue weighted by atomic mass is 28.3. The van der Waals surface area contributed by atoms with Crippen molar-refractivity contribution in [2.45, 2.75) is 57.3 Å². The molecule has 0 bridgehead atoms. The Morgan fingerprint density at radius 3 is 2.23 bits per heavy atom. The van der Waals surface area contributed by atoms with Crippen LogP contribution < -0.4 is 4.74 Å². The molecule has 0 aromatic heterocycles. The smallest absolute Gasteiger partial charge is 0.122 e. The van der Waals surface area contributed by atoms with Crippen molar-refractivity contribution in [2.75, 3.05) is 7.11 Å². The summed E-state index contributed by atoms with van der Waals surface area (Å²) in [6.45, 7) is 11.9. The summed E-state index contributed by atoms with van der Waals surface area (Å²) in [4.78, 5) is 0. The van der Waals surface area contributed by atoms with Crippen LogP contribution in [0.5, 0.6) is 5.75 Å². The molecule has 0 saturated heterocycles. The monoisotopic (exact) mass is 314 g/mol. The highest BCUT2D eigenvalue weighted by Crippen LogP contribution is 2.47. The summed E-state index contributed by atoms with van der Waals surface area (Å²) < 4.78 is 5.67. The molecule has 0 spiro atoms. The van der Waals surface area contributed by atoms with E-state index >= 15 is 0 Å². The largest absolute Gasteiger partial charge is 0.496 e. The first-order valence-corrected chi connectivity index (χ1v) is 12.0. The lowest BCUT2D eigenvalue weighted by Gasteiger charge is -2.35. The first kappa shape index (κ1) is 17.1. The average molecular weight is 315 g/mol. The summed E-state index contributed by atoms with van der Waals surface area (Å²) in [5.74, 6) is 1.01. The van der Waals surface area contributed by atoms with E-state index in [0.29, 0.717) is 5.54 Å². The molecule has 0 heterocycles. The Balaban J connectivity index is 2.53. The second-order valence-corrected chi connectivity index (χ2v) is 12.8. The number of methoxy groups -OCH3 is 1. The Hall–Kier alpha value is -1.28. The van der Waals surface area contributed by atoms with E-state index in [9.17, 15) is 0 Å². The summed E-state index contributed by atoms with van der Waals surface area (Å²) in [6, 6.07) is 8.52. The van der Waals surface area contributed by atoms with Gasteiger partial charge in [0.1, 0.15) is 5.75 Å². The topological polar surface area (TPSA) is 9.23 Å². The summed E-state index contributed by atoms with van der Waals surface area (Å²) >= 11 is 0. The highest BCUT2D eigenvalue weighted by molar-refractivity contribution is 6.78. The van der Waals surface area contributed by atoms with Crippen LogP contribution in [-0.2, 0) is 5.41 Å². The van der Waals surface area contributed by atoms with Gasteiger partial charge < -0.3 is 4.74 Å². The van der Waals surface area contributed by atoms with Crippen molar-refractivity contribution in [3.8, 4) is 5.75 Å². The maximum absolute atomic E-state index is 5.67. The van der Waals surface area contributed by atoms with Gasteiger partial charge in [0, 0.05) is 11.0 Å². The van der Waals surface area contributed by atoms with Gasteiger partial charge in [-0.3, -0.25) is 0 Å². The van der Waals surface area contributed by atoms with E-state index in [0.717, 1.165) is 18.6 Å². The van der Waals surface area contributed by atoms with Crippen LogP contribution in [0.4, 0.5) is 0 Å². The predicted octanol–water partition coefficient (Wildman–Crippen LogP) is 5.96. The minimum absolute atomic E-state index is 0.0670. The number of hydrogen-bond donors (Lipinski definition) is 0. The molecule has 120 valence electrons. The van der Waals surface area contributed by atoms with E-state index in [2.05, 4.69) is 76.0 Å². The molecule has 0 amide bonds. The fraction of sp³-hybridized carbons (Fsp3) is 0.500. The number of benzene rings is 1. The second-order valence-electron chi connectivity index (χ2n) is 7.36. The molecule has 0 fully saturated rings. The first-order valence-electron chi connectivity index (χ1n) is 8.43. The van der Waals surface area contributed by atoms with Crippen molar-refractivity contribution < 1.29 is 4.74 Å². The number of rotatable bonds is 6. The third kappa shape index (κ3) is 2.94. The van der Waals surface area contributed by atoms with Crippen molar-refractivity contribution >= 4 is 8.07 Å². The van der Waals surface area contributed by atoms with E-state index in [-0.39, 0.29) is 5.41 Å². The summed E-state index contributed by atoms with van der Waals surface area (Å²) in [5, 5.41) is 0. The molecule has 1 unspecified atom stereocenters. The lowest BCUT2D eigenvalue weighted by molar-refractivity contribution is 0.385. The predicted molar refractivity (Wildman–Crippen MR) is 99.6 cm³/mol. The highest BCUT2D eigenvalue weighted by Gasteiger charge is 2.37. The van der Waals surface area contributed by atoms with Gasteiger partial charge in [0.05, 0.1) is 15.2 Å². The van der Waals surface area contributed by atoms with E-state index in [4.69, 9.17) is 4.74 Å². The van der Waals surface area contributed by atoms with Gasteiger partial charge in [-0.2, -0.15) is 0 Å². The molecular formula is C20H30OSi. The number of para-hydroxylation sites is 1. The van der Waals surface area contributed by atoms with Gasteiger partial charge in [0.15, 0.2) is 0 Å². The van der Waals surface area contributed by atoms with Crippen LogP contribution >= 0.6 is 0 Å². The summed E-state index contributed by atoms with van der Waals surface area (Å²) in [6.07, 6.45) is 9.53. The maximum atomic E-state index is 5.67. The molecule has 0 radical (unpaired) electrons. The van der Waals surface area contributed by atoms with E-state index in [1.54, 1.807) is 7.11 Å². The van der Waals surface area contributed by atoms with Crippen LogP contribution in [0.3, 0.4) is 0 Å². The van der Waals surface area contributed by atoms with Crippen LogP contribution in [0.15, 0.2) is 48.1 Å². The Labute approximate surface area is 137 Å². The minimum Gasteiger partial charge on any atom is -0.496 e. The van der Waals surface area contributed by atoms with Gasteiger partial charge in [-0.1, -0.05) is 69.9 Å². The molecule has 1 atom stereocenters. The van der Waals surface area contributed by atoms with Gasteiger partial charge >= 0.3 is 0 Å². The Morgan fingerprint density at radius 1 is 1.09 bits per heavy atom. The van der Waals surface area contributed by atoms with E-state index in [1.165, 1.54) is 11.1 Å². The summed E-state index contributed by atoms with van der Waals surface area (Å²) in [5.41, 5.74) is 3.52. The molecule has 0 N–H and O–H groups in total. The molecule has 0 aliphatic heterocycles. The third-order valence-corrected chi connectivity index (χ3v) is 7.58. The Bertz CT molecular complexity index is 574. The normalized spacial score (nSPS) is 18.5. The van der Waals surface area contributed by atoms with Crippen LogP contribution in [-0.4, -0.2) is 15.2 Å². The average Bonchev–Trinajstić information content (AvgIpc) is 3.00. The zero-order chi connectivity index (χ0) is 16.4. The molecular weight excluding hydrogens is 284 g/mol. The summed E-state index contributed by atoms with van der Waals surface area (Å²) in [7, 11) is 0.589. The van der Waals surface area contributed by atoms with Crippen molar-refractivity contribution in [1.82, 2.24) is 0 Å². The SMILES string of the molecule is CCC(CC)(C1=CC([Si](C)(C)C)C=C1)c1ccccc1OC. The van der Waals surface area contributed by atoms with Crippen LogP contribution in [0, 0.1) is 0 Å². The second kappa shape index (κ2) is 6.45. The third-order valence-electron chi connectivity index (χ3n) is 5.22. The zero-order valence-electron chi connectivity index (χ0n) is 14.9. The van der Waals surface area contributed by atoms with Gasteiger partial charge in [-0.25, -0.2) is 0 Å². The van der Waals surface area contributed by atoms with Crippen molar-refractivity contribution in [2.24, 2.45) is 0 Å². The van der Waals surface area contributed by atoms with Crippen molar-refractivity contribution in [1.29, 1.82) is 0 Å². The molecule has 1 nitrogen and oxygen atoms in total. The number of ether oxygens (including phenoxy) is 1. The van der Waals surface area contributed by atoms with Crippen molar-refractivity contribution in [3.63, 3.8) is 0 Å². The maximum Gasteiger partial charge on any atom is 0.122 e. The van der Waals surface area contributed by atoms with E-state index < -0.39 is 8.07 Å². The van der Waals surface area contributed by atoms with Gasteiger partial charge in [0.2, 0.25) is 0 Å².